The maximum atomic E-state index is 15.3. The van der Waals surface area contributed by atoms with E-state index >= 15 is 4.39 Å². The summed E-state index contributed by atoms with van der Waals surface area (Å²) in [6.45, 7) is 14.7. The Kier molecular flexibility index (Phi) is 8.31. The van der Waals surface area contributed by atoms with E-state index in [2.05, 4.69) is 36.0 Å². The SMILES string of the molecule is C=C(C)C(=O)N1CCCN(C(=O)C2CCCN(Cc3ccc(NC(=O)NC45CC6C[C@@](C)(C4)C[C@](C)(C6)C5)c(F)c3)C2)CC1. The molecular weight excluding hydrogens is 557 g/mol. The minimum atomic E-state index is -0.440. The van der Waals surface area contributed by atoms with Crippen LogP contribution in [0.5, 0.6) is 0 Å². The van der Waals surface area contributed by atoms with Crippen molar-refractivity contribution in [2.75, 3.05) is 44.6 Å². The Bertz CT molecular complexity index is 1310. The molecule has 2 N–H and O–H groups in total. The topological polar surface area (TPSA) is 85.0 Å². The molecule has 2 saturated heterocycles. The van der Waals surface area contributed by atoms with Gasteiger partial charge in [-0.25, -0.2) is 9.18 Å². The Morgan fingerprint density at radius 1 is 0.955 bits per heavy atom. The number of carbonyl (C=O) groups excluding carboxylic acids is 3. The van der Waals surface area contributed by atoms with E-state index in [4.69, 9.17) is 0 Å². The van der Waals surface area contributed by atoms with Crippen LogP contribution in [-0.4, -0.2) is 77.4 Å². The molecule has 3 unspecified atom stereocenters. The standard InChI is InChI=1S/C35H50FN5O3/c1-24(2)30(42)40-11-6-12-41(14-13-40)31(43)27-7-5-10-39(20-27)19-25-8-9-29(28(36)15-25)37-32(44)38-35-18-26-16-33(3,22-35)21-34(4,17-26)23-35/h8-9,15,26-27H,1,5-7,10-14,16-23H2,2-4H3,(H2,37,38,44)/t26?,27?,33-,34+,35?. The maximum absolute atomic E-state index is 15.3. The quantitative estimate of drug-likeness (QED) is 0.416. The number of rotatable bonds is 6. The lowest BCUT2D eigenvalue weighted by atomic mass is 9.43. The van der Waals surface area contributed by atoms with Gasteiger partial charge in [0.25, 0.3) is 0 Å². The molecule has 44 heavy (non-hydrogen) atoms. The summed E-state index contributed by atoms with van der Waals surface area (Å²) in [5.41, 5.74) is 1.92. The van der Waals surface area contributed by atoms with Crippen molar-refractivity contribution >= 4 is 23.5 Å². The van der Waals surface area contributed by atoms with Gasteiger partial charge in [0.2, 0.25) is 11.8 Å². The molecule has 0 aromatic heterocycles. The molecule has 1 aromatic carbocycles. The van der Waals surface area contributed by atoms with Gasteiger partial charge in [-0.3, -0.25) is 14.5 Å². The fraction of sp³-hybridized carbons (Fsp3) is 0.686. The first-order valence-electron chi connectivity index (χ1n) is 16.7. The Hall–Kier alpha value is -2.94. The molecule has 9 heteroatoms. The maximum Gasteiger partial charge on any atom is 0.319 e. The summed E-state index contributed by atoms with van der Waals surface area (Å²) >= 11 is 0. The van der Waals surface area contributed by atoms with Crippen molar-refractivity contribution in [2.45, 2.75) is 90.6 Å². The smallest absolute Gasteiger partial charge is 0.319 e. The Morgan fingerprint density at radius 3 is 2.34 bits per heavy atom. The van der Waals surface area contributed by atoms with Gasteiger partial charge in [0.1, 0.15) is 5.82 Å². The van der Waals surface area contributed by atoms with Crippen molar-refractivity contribution in [2.24, 2.45) is 22.7 Å². The molecule has 4 aliphatic carbocycles. The number of anilines is 1. The van der Waals surface area contributed by atoms with Gasteiger partial charge >= 0.3 is 6.03 Å². The summed E-state index contributed by atoms with van der Waals surface area (Å²) in [5, 5.41) is 6.11. The molecule has 4 bridgehead atoms. The first kappa shape index (κ1) is 31.1. The zero-order chi connectivity index (χ0) is 31.3. The third-order valence-corrected chi connectivity index (χ3v) is 11.0. The predicted octanol–water partition coefficient (Wildman–Crippen LogP) is 5.55. The van der Waals surface area contributed by atoms with Crippen molar-refractivity contribution in [3.8, 4) is 0 Å². The number of hydrogen-bond acceptors (Lipinski definition) is 4. The summed E-state index contributed by atoms with van der Waals surface area (Å²) in [6.07, 6.45) is 9.29. The normalized spacial score (nSPS) is 33.5. The van der Waals surface area contributed by atoms with Crippen molar-refractivity contribution < 1.29 is 18.8 Å². The number of benzene rings is 1. The van der Waals surface area contributed by atoms with Crippen LogP contribution in [-0.2, 0) is 16.1 Å². The van der Waals surface area contributed by atoms with Gasteiger partial charge in [-0.05, 0) is 106 Å². The van der Waals surface area contributed by atoms with Gasteiger partial charge in [-0.2, -0.15) is 0 Å². The van der Waals surface area contributed by atoms with Crippen molar-refractivity contribution in [1.29, 1.82) is 0 Å². The van der Waals surface area contributed by atoms with Crippen LogP contribution < -0.4 is 10.6 Å². The van der Waals surface area contributed by atoms with Crippen molar-refractivity contribution in [1.82, 2.24) is 20.0 Å². The number of nitrogens with zero attached hydrogens (tertiary/aromatic N) is 3. The summed E-state index contributed by atoms with van der Waals surface area (Å²) in [4.78, 5) is 44.9. The number of likely N-dealkylation sites (tertiary alicyclic amines) is 1. The van der Waals surface area contributed by atoms with E-state index in [1.807, 2.05) is 11.0 Å². The molecule has 240 valence electrons. The van der Waals surface area contributed by atoms with Crippen LogP contribution in [0.3, 0.4) is 0 Å². The number of piperidine rings is 1. The average Bonchev–Trinajstić information content (AvgIpc) is 3.18. The highest BCUT2D eigenvalue weighted by Gasteiger charge is 2.60. The zero-order valence-electron chi connectivity index (χ0n) is 26.9. The summed E-state index contributed by atoms with van der Waals surface area (Å²) in [6, 6.07) is 4.73. The van der Waals surface area contributed by atoms with Crippen LogP contribution in [0.25, 0.3) is 0 Å². The highest BCUT2D eigenvalue weighted by Crippen LogP contribution is 2.66. The molecule has 4 amide bonds. The van der Waals surface area contributed by atoms with Gasteiger partial charge in [-0.1, -0.05) is 26.5 Å². The monoisotopic (exact) mass is 607 g/mol. The summed E-state index contributed by atoms with van der Waals surface area (Å²) in [5.74, 6) is 0.233. The molecule has 4 saturated carbocycles. The third-order valence-electron chi connectivity index (χ3n) is 11.0. The lowest BCUT2D eigenvalue weighted by Gasteiger charge is -2.65. The number of nitrogens with one attached hydrogen (secondary N) is 2. The Balaban J connectivity index is 1.02. The van der Waals surface area contributed by atoms with E-state index < -0.39 is 5.82 Å². The van der Waals surface area contributed by atoms with E-state index in [1.54, 1.807) is 17.9 Å². The second-order valence-corrected chi connectivity index (χ2v) is 15.6. The Morgan fingerprint density at radius 2 is 1.66 bits per heavy atom. The highest BCUT2D eigenvalue weighted by molar-refractivity contribution is 5.92. The van der Waals surface area contributed by atoms with E-state index in [0.717, 1.165) is 50.6 Å². The molecule has 1 aromatic rings. The molecule has 0 radical (unpaired) electrons. The van der Waals surface area contributed by atoms with Gasteiger partial charge in [0.05, 0.1) is 11.6 Å². The fourth-order valence-electron chi connectivity index (χ4n) is 10.3. The van der Waals surface area contributed by atoms with Crippen LogP contribution in [0.1, 0.15) is 84.1 Å². The summed E-state index contributed by atoms with van der Waals surface area (Å²) < 4.78 is 15.3. The van der Waals surface area contributed by atoms with Crippen LogP contribution in [0.15, 0.2) is 30.4 Å². The molecule has 7 rings (SSSR count). The number of urea groups is 1. The van der Waals surface area contributed by atoms with E-state index in [1.165, 1.54) is 25.3 Å². The number of halogens is 1. The van der Waals surface area contributed by atoms with Crippen molar-refractivity contribution in [3.63, 3.8) is 0 Å². The lowest BCUT2D eigenvalue weighted by molar-refractivity contribution is -0.137. The van der Waals surface area contributed by atoms with E-state index in [9.17, 15) is 14.4 Å². The molecule has 2 aliphatic heterocycles. The molecule has 8 nitrogen and oxygen atoms in total. The molecule has 0 spiro atoms. The average molecular weight is 608 g/mol. The molecule has 2 heterocycles. The number of hydrogen-bond donors (Lipinski definition) is 2. The number of carbonyl (C=O) groups is 3. The van der Waals surface area contributed by atoms with Crippen molar-refractivity contribution in [3.05, 3.63) is 41.7 Å². The van der Waals surface area contributed by atoms with E-state index in [0.29, 0.717) is 50.8 Å². The number of amides is 4. The molecule has 5 atom stereocenters. The largest absolute Gasteiger partial charge is 0.341 e. The molecule has 6 fully saturated rings. The summed E-state index contributed by atoms with van der Waals surface area (Å²) in [7, 11) is 0. The van der Waals surface area contributed by atoms with Crippen LogP contribution >= 0.6 is 0 Å². The first-order valence-corrected chi connectivity index (χ1v) is 16.7. The third kappa shape index (κ3) is 6.53. The second kappa shape index (κ2) is 11.8. The Labute approximate surface area is 261 Å². The fourth-order valence-corrected chi connectivity index (χ4v) is 10.3. The van der Waals surface area contributed by atoms with E-state index in [-0.39, 0.29) is 45.8 Å². The van der Waals surface area contributed by atoms with Crippen LogP contribution in [0.2, 0.25) is 0 Å². The predicted molar refractivity (Wildman–Crippen MR) is 169 cm³/mol. The van der Waals surface area contributed by atoms with Crippen LogP contribution in [0, 0.1) is 28.5 Å². The minimum absolute atomic E-state index is 0.0383. The second-order valence-electron chi connectivity index (χ2n) is 15.6. The first-order chi connectivity index (χ1) is 20.8. The highest BCUT2D eigenvalue weighted by atomic mass is 19.1. The van der Waals surface area contributed by atoms with Gasteiger partial charge in [-0.15, -0.1) is 0 Å². The lowest BCUT2D eigenvalue weighted by Crippen LogP contribution is -2.65. The van der Waals surface area contributed by atoms with Crippen LogP contribution in [0.4, 0.5) is 14.9 Å². The van der Waals surface area contributed by atoms with Gasteiger partial charge in [0, 0.05) is 50.4 Å². The van der Waals surface area contributed by atoms with Gasteiger partial charge < -0.3 is 20.4 Å². The zero-order valence-corrected chi connectivity index (χ0v) is 26.9. The molecule has 6 aliphatic rings. The minimum Gasteiger partial charge on any atom is -0.341 e. The van der Waals surface area contributed by atoms with Gasteiger partial charge in [0.15, 0.2) is 0 Å². The molecular formula is C35H50FN5O3.